The highest BCUT2D eigenvalue weighted by atomic mass is 15.0. The first kappa shape index (κ1) is 25.9. The molecule has 36 heavy (non-hydrogen) atoms. The molecule has 2 N–H and O–H groups in total. The van der Waals surface area contributed by atoms with Crippen LogP contribution >= 0.6 is 0 Å². The second-order valence-corrected chi connectivity index (χ2v) is 10.3. The smallest absolute Gasteiger partial charge is 0.0521 e. The monoisotopic (exact) mass is 476 g/mol. The zero-order valence-corrected chi connectivity index (χ0v) is 22.7. The van der Waals surface area contributed by atoms with Gasteiger partial charge in [0.05, 0.1) is 12.1 Å². The van der Waals surface area contributed by atoms with Crippen LogP contribution in [-0.2, 0) is 13.1 Å². The summed E-state index contributed by atoms with van der Waals surface area (Å²) >= 11 is 0. The Kier molecular flexibility index (Phi) is 8.40. The summed E-state index contributed by atoms with van der Waals surface area (Å²) in [5, 5.41) is 7.93. The van der Waals surface area contributed by atoms with Gasteiger partial charge in [-0.25, -0.2) is 0 Å². The third-order valence-corrected chi connectivity index (χ3v) is 7.33. The van der Waals surface area contributed by atoms with Gasteiger partial charge in [0, 0.05) is 13.1 Å². The third-order valence-electron chi connectivity index (χ3n) is 7.33. The van der Waals surface area contributed by atoms with Gasteiger partial charge in [0.15, 0.2) is 0 Å². The van der Waals surface area contributed by atoms with E-state index in [4.69, 9.17) is 0 Å². The third kappa shape index (κ3) is 6.13. The molecule has 0 heterocycles. The van der Waals surface area contributed by atoms with E-state index in [1.54, 1.807) is 0 Å². The molecule has 186 valence electrons. The summed E-state index contributed by atoms with van der Waals surface area (Å²) in [6.07, 6.45) is 0. The molecule has 4 aromatic rings. The second kappa shape index (κ2) is 11.7. The standard InChI is InChI=1S/C34H40N2/c1-23-17-25(3)31(26(4)18-23)21-35-33(29-13-9-7-10-14-29)34(30-15-11-8-12-16-30)36-22-32-27(5)19-24(2)20-28(32)6/h7-20,33-36H,21-22H2,1-6H3/t33-,34-/m1/s1. The summed E-state index contributed by atoms with van der Waals surface area (Å²) in [6.45, 7) is 14.9. The number of aryl methyl sites for hydroxylation is 6. The van der Waals surface area contributed by atoms with Crippen molar-refractivity contribution in [3.63, 3.8) is 0 Å². The molecular formula is C34H40N2. The van der Waals surface area contributed by atoms with Crippen molar-refractivity contribution in [3.05, 3.63) is 141 Å². The molecule has 0 radical (unpaired) electrons. The Morgan fingerprint density at radius 3 is 1.08 bits per heavy atom. The summed E-state index contributed by atoms with van der Waals surface area (Å²) in [7, 11) is 0. The van der Waals surface area contributed by atoms with Gasteiger partial charge >= 0.3 is 0 Å². The first-order valence-electron chi connectivity index (χ1n) is 13.0. The maximum Gasteiger partial charge on any atom is 0.0521 e. The Balaban J connectivity index is 1.70. The number of benzene rings is 4. The van der Waals surface area contributed by atoms with E-state index in [1.165, 1.54) is 55.6 Å². The largest absolute Gasteiger partial charge is 0.304 e. The molecule has 0 saturated heterocycles. The van der Waals surface area contributed by atoms with Crippen LogP contribution in [0, 0.1) is 41.5 Å². The molecule has 0 aliphatic heterocycles. The van der Waals surface area contributed by atoms with E-state index in [9.17, 15) is 0 Å². The zero-order chi connectivity index (χ0) is 25.7. The molecule has 0 saturated carbocycles. The minimum atomic E-state index is 0.111. The highest BCUT2D eigenvalue weighted by Crippen LogP contribution is 2.31. The van der Waals surface area contributed by atoms with E-state index < -0.39 is 0 Å². The Bertz CT molecular complexity index is 1140. The Labute approximate surface area is 217 Å². The van der Waals surface area contributed by atoms with Gasteiger partial charge in [-0.3, -0.25) is 0 Å². The summed E-state index contributed by atoms with van der Waals surface area (Å²) in [5.41, 5.74) is 13.4. The van der Waals surface area contributed by atoms with Crippen LogP contribution < -0.4 is 10.6 Å². The van der Waals surface area contributed by atoms with Crippen LogP contribution in [0.25, 0.3) is 0 Å². The fourth-order valence-corrected chi connectivity index (χ4v) is 5.58. The van der Waals surface area contributed by atoms with Crippen LogP contribution in [0.2, 0.25) is 0 Å². The minimum Gasteiger partial charge on any atom is -0.304 e. The van der Waals surface area contributed by atoms with Crippen LogP contribution in [-0.4, -0.2) is 0 Å². The molecule has 0 spiro atoms. The molecule has 0 fully saturated rings. The van der Waals surface area contributed by atoms with Crippen molar-refractivity contribution in [2.75, 3.05) is 0 Å². The van der Waals surface area contributed by atoms with E-state index in [2.05, 4.69) is 137 Å². The van der Waals surface area contributed by atoms with E-state index >= 15 is 0 Å². The molecule has 2 nitrogen and oxygen atoms in total. The maximum atomic E-state index is 3.96. The fourth-order valence-electron chi connectivity index (χ4n) is 5.58. The summed E-state index contributed by atoms with van der Waals surface area (Å²) in [6, 6.07) is 31.1. The average Bonchev–Trinajstić information content (AvgIpc) is 2.84. The van der Waals surface area contributed by atoms with E-state index in [-0.39, 0.29) is 12.1 Å². The predicted molar refractivity (Wildman–Crippen MR) is 153 cm³/mol. The van der Waals surface area contributed by atoms with Crippen molar-refractivity contribution in [3.8, 4) is 0 Å². The summed E-state index contributed by atoms with van der Waals surface area (Å²) < 4.78 is 0. The van der Waals surface area contributed by atoms with Gasteiger partial charge in [0.2, 0.25) is 0 Å². The van der Waals surface area contributed by atoms with Crippen molar-refractivity contribution < 1.29 is 0 Å². The quantitative estimate of drug-likeness (QED) is 0.256. The highest BCUT2D eigenvalue weighted by molar-refractivity contribution is 5.39. The van der Waals surface area contributed by atoms with Crippen molar-refractivity contribution in [2.45, 2.75) is 66.7 Å². The molecular weight excluding hydrogens is 436 g/mol. The van der Waals surface area contributed by atoms with Crippen LogP contribution in [0.3, 0.4) is 0 Å². The SMILES string of the molecule is Cc1cc(C)c(CN[C@H](c2ccccc2)[C@H](NCc2c(C)cc(C)cc2C)c2ccccc2)c(C)c1. The molecule has 0 bridgehead atoms. The Morgan fingerprint density at radius 1 is 0.472 bits per heavy atom. The van der Waals surface area contributed by atoms with Crippen LogP contribution in [0.15, 0.2) is 84.9 Å². The zero-order valence-electron chi connectivity index (χ0n) is 22.7. The van der Waals surface area contributed by atoms with E-state index in [1.807, 2.05) is 0 Å². The van der Waals surface area contributed by atoms with Crippen molar-refractivity contribution in [1.82, 2.24) is 10.6 Å². The first-order valence-corrected chi connectivity index (χ1v) is 13.0. The van der Waals surface area contributed by atoms with E-state index in [0.29, 0.717) is 0 Å². The molecule has 2 atom stereocenters. The molecule has 0 aromatic heterocycles. The van der Waals surface area contributed by atoms with Gasteiger partial charge in [-0.2, -0.15) is 0 Å². The van der Waals surface area contributed by atoms with Crippen LogP contribution in [0.5, 0.6) is 0 Å². The maximum absolute atomic E-state index is 3.96. The molecule has 0 amide bonds. The van der Waals surface area contributed by atoms with Gasteiger partial charge in [-0.1, -0.05) is 96.1 Å². The van der Waals surface area contributed by atoms with Crippen molar-refractivity contribution >= 4 is 0 Å². The fraction of sp³-hybridized carbons (Fsp3) is 0.294. The van der Waals surface area contributed by atoms with E-state index in [0.717, 1.165) is 13.1 Å². The first-order chi connectivity index (χ1) is 17.3. The molecule has 4 aromatic carbocycles. The normalized spacial score (nSPS) is 12.9. The molecule has 0 unspecified atom stereocenters. The van der Waals surface area contributed by atoms with Crippen LogP contribution in [0.1, 0.15) is 67.7 Å². The number of hydrogen-bond donors (Lipinski definition) is 2. The Hall–Kier alpha value is -3.20. The number of rotatable bonds is 9. The van der Waals surface area contributed by atoms with Gasteiger partial charge in [0.1, 0.15) is 0 Å². The van der Waals surface area contributed by atoms with Crippen LogP contribution in [0.4, 0.5) is 0 Å². The number of nitrogens with one attached hydrogen (secondary N) is 2. The molecule has 4 rings (SSSR count). The second-order valence-electron chi connectivity index (χ2n) is 10.3. The molecule has 0 aliphatic rings. The van der Waals surface area contributed by atoms with Gasteiger partial charge < -0.3 is 10.6 Å². The van der Waals surface area contributed by atoms with Gasteiger partial charge in [-0.15, -0.1) is 0 Å². The van der Waals surface area contributed by atoms with Crippen molar-refractivity contribution in [2.24, 2.45) is 0 Å². The highest BCUT2D eigenvalue weighted by Gasteiger charge is 2.25. The predicted octanol–water partition coefficient (Wildman–Crippen LogP) is 7.90. The molecule has 0 aliphatic carbocycles. The van der Waals surface area contributed by atoms with Crippen molar-refractivity contribution in [1.29, 1.82) is 0 Å². The Morgan fingerprint density at radius 2 is 0.778 bits per heavy atom. The van der Waals surface area contributed by atoms with Gasteiger partial charge in [-0.05, 0) is 86.1 Å². The summed E-state index contributed by atoms with van der Waals surface area (Å²) in [4.78, 5) is 0. The lowest BCUT2D eigenvalue weighted by Gasteiger charge is -2.31. The lowest BCUT2D eigenvalue weighted by Crippen LogP contribution is -2.35. The average molecular weight is 477 g/mol. The molecule has 2 heteroatoms. The van der Waals surface area contributed by atoms with Gasteiger partial charge in [0.25, 0.3) is 0 Å². The number of hydrogen-bond acceptors (Lipinski definition) is 2. The lowest BCUT2D eigenvalue weighted by molar-refractivity contribution is 0.380. The lowest BCUT2D eigenvalue weighted by atomic mass is 9.91. The topological polar surface area (TPSA) is 24.1 Å². The summed E-state index contributed by atoms with van der Waals surface area (Å²) in [5.74, 6) is 0. The minimum absolute atomic E-state index is 0.111.